The Hall–Kier alpha value is -0.730. The number of anilines is 1. The van der Waals surface area contributed by atoms with E-state index in [1.807, 2.05) is 18.2 Å². The minimum atomic E-state index is -0.511. The molecule has 0 aliphatic carbocycles. The summed E-state index contributed by atoms with van der Waals surface area (Å²) in [6, 6.07) is 5.86. The van der Waals surface area contributed by atoms with Gasteiger partial charge in [0, 0.05) is 23.8 Å². The van der Waals surface area contributed by atoms with Crippen molar-refractivity contribution in [3.05, 3.63) is 28.8 Å². The van der Waals surface area contributed by atoms with Crippen LogP contribution in [-0.2, 0) is 0 Å². The smallest absolute Gasteiger partial charge is 0.0776 e. The fourth-order valence-electron chi connectivity index (χ4n) is 1.79. The van der Waals surface area contributed by atoms with E-state index in [-0.39, 0.29) is 0 Å². The highest BCUT2D eigenvalue weighted by atomic mass is 35.5. The minimum absolute atomic E-state index is 0.511. The second kappa shape index (κ2) is 6.12. The van der Waals surface area contributed by atoms with Gasteiger partial charge in [0.1, 0.15) is 0 Å². The molecule has 0 heterocycles. The van der Waals surface area contributed by atoms with Crippen LogP contribution in [0.15, 0.2) is 18.2 Å². The first-order valence-electron chi connectivity index (χ1n) is 5.82. The van der Waals surface area contributed by atoms with Crippen molar-refractivity contribution in [2.24, 2.45) is 0 Å². The molecule has 0 radical (unpaired) electrons. The van der Waals surface area contributed by atoms with Gasteiger partial charge in [-0.05, 0) is 38.0 Å². The van der Waals surface area contributed by atoms with Gasteiger partial charge in [-0.1, -0.05) is 24.6 Å². The fraction of sp³-hybridized carbons (Fsp3) is 0.538. The third-order valence-corrected chi connectivity index (χ3v) is 3.00. The zero-order valence-corrected chi connectivity index (χ0v) is 11.0. The molecule has 0 fully saturated rings. The van der Waals surface area contributed by atoms with Crippen LogP contribution >= 0.6 is 11.6 Å². The molecule has 0 aromatic heterocycles. The van der Waals surface area contributed by atoms with Gasteiger partial charge in [0.2, 0.25) is 0 Å². The van der Waals surface area contributed by atoms with E-state index in [9.17, 15) is 5.11 Å². The van der Waals surface area contributed by atoms with E-state index in [4.69, 9.17) is 11.6 Å². The summed E-state index contributed by atoms with van der Waals surface area (Å²) in [5, 5.41) is 10.1. The van der Waals surface area contributed by atoms with Crippen molar-refractivity contribution in [2.75, 3.05) is 18.0 Å². The first-order chi connectivity index (χ1) is 7.60. The second-order valence-electron chi connectivity index (χ2n) is 3.96. The van der Waals surface area contributed by atoms with E-state index in [2.05, 4.69) is 18.7 Å². The number of benzene rings is 1. The Labute approximate surface area is 103 Å². The SMILES string of the molecule is CCCN(CC)c1ccc(C(C)O)c(Cl)c1. The predicted octanol–water partition coefficient (Wildman–Crippen LogP) is 3.63. The summed E-state index contributed by atoms with van der Waals surface area (Å²) >= 11 is 6.14. The van der Waals surface area contributed by atoms with Gasteiger partial charge >= 0.3 is 0 Å². The lowest BCUT2D eigenvalue weighted by Crippen LogP contribution is -2.23. The summed E-state index contributed by atoms with van der Waals surface area (Å²) in [5.41, 5.74) is 1.91. The second-order valence-corrected chi connectivity index (χ2v) is 4.37. The van der Waals surface area contributed by atoms with Crippen molar-refractivity contribution >= 4 is 17.3 Å². The van der Waals surface area contributed by atoms with Gasteiger partial charge in [-0.25, -0.2) is 0 Å². The third kappa shape index (κ3) is 3.13. The molecule has 0 saturated heterocycles. The van der Waals surface area contributed by atoms with Crippen LogP contribution in [0, 0.1) is 0 Å². The quantitative estimate of drug-likeness (QED) is 0.851. The van der Waals surface area contributed by atoms with Gasteiger partial charge in [-0.15, -0.1) is 0 Å². The molecular formula is C13H20ClNO. The van der Waals surface area contributed by atoms with E-state index in [0.29, 0.717) is 5.02 Å². The van der Waals surface area contributed by atoms with Crippen LogP contribution in [-0.4, -0.2) is 18.2 Å². The lowest BCUT2D eigenvalue weighted by molar-refractivity contribution is 0.199. The van der Waals surface area contributed by atoms with E-state index < -0.39 is 6.10 Å². The minimum Gasteiger partial charge on any atom is -0.389 e. The first-order valence-corrected chi connectivity index (χ1v) is 6.20. The highest BCUT2D eigenvalue weighted by Gasteiger charge is 2.09. The van der Waals surface area contributed by atoms with Crippen molar-refractivity contribution < 1.29 is 5.11 Å². The zero-order valence-electron chi connectivity index (χ0n) is 10.2. The van der Waals surface area contributed by atoms with Gasteiger partial charge in [-0.2, -0.15) is 0 Å². The van der Waals surface area contributed by atoms with Crippen molar-refractivity contribution in [1.29, 1.82) is 0 Å². The van der Waals surface area contributed by atoms with Gasteiger partial charge in [0.25, 0.3) is 0 Å². The Morgan fingerprint density at radius 1 is 1.38 bits per heavy atom. The van der Waals surface area contributed by atoms with Crippen LogP contribution in [0.3, 0.4) is 0 Å². The molecule has 1 atom stereocenters. The Bertz CT molecular complexity index is 339. The van der Waals surface area contributed by atoms with Gasteiger partial charge < -0.3 is 10.0 Å². The van der Waals surface area contributed by atoms with Crippen molar-refractivity contribution in [1.82, 2.24) is 0 Å². The molecule has 1 rings (SSSR count). The molecule has 1 aromatic rings. The summed E-state index contributed by atoms with van der Waals surface area (Å²) in [7, 11) is 0. The molecule has 0 bridgehead atoms. The maximum atomic E-state index is 9.50. The van der Waals surface area contributed by atoms with Crippen LogP contribution in [0.25, 0.3) is 0 Å². The molecule has 1 unspecified atom stereocenters. The number of rotatable bonds is 5. The average Bonchev–Trinajstić information content (AvgIpc) is 2.25. The Morgan fingerprint density at radius 3 is 2.50 bits per heavy atom. The molecule has 0 aliphatic heterocycles. The zero-order chi connectivity index (χ0) is 12.1. The molecule has 90 valence electrons. The number of aliphatic hydroxyl groups is 1. The van der Waals surface area contributed by atoms with E-state index in [0.717, 1.165) is 30.8 Å². The molecule has 1 aromatic carbocycles. The molecule has 0 saturated carbocycles. The number of hydrogen-bond acceptors (Lipinski definition) is 2. The highest BCUT2D eigenvalue weighted by Crippen LogP contribution is 2.27. The maximum absolute atomic E-state index is 9.50. The lowest BCUT2D eigenvalue weighted by atomic mass is 10.1. The lowest BCUT2D eigenvalue weighted by Gasteiger charge is -2.23. The standard InChI is InChI=1S/C13H20ClNO/c1-4-8-15(5-2)11-6-7-12(10(3)16)13(14)9-11/h6-7,9-10,16H,4-5,8H2,1-3H3. The topological polar surface area (TPSA) is 23.5 Å². The molecule has 3 heteroatoms. The predicted molar refractivity (Wildman–Crippen MR) is 70.3 cm³/mol. The van der Waals surface area contributed by atoms with Crippen molar-refractivity contribution in [3.63, 3.8) is 0 Å². The fourth-order valence-corrected chi connectivity index (χ4v) is 2.12. The number of nitrogens with zero attached hydrogens (tertiary/aromatic N) is 1. The Morgan fingerprint density at radius 2 is 2.06 bits per heavy atom. The summed E-state index contributed by atoms with van der Waals surface area (Å²) in [6.07, 6.45) is 0.603. The Balaban J connectivity index is 2.95. The van der Waals surface area contributed by atoms with Crippen LogP contribution in [0.1, 0.15) is 38.9 Å². The maximum Gasteiger partial charge on any atom is 0.0776 e. The summed E-state index contributed by atoms with van der Waals surface area (Å²) < 4.78 is 0. The largest absolute Gasteiger partial charge is 0.389 e. The molecule has 0 spiro atoms. The molecule has 0 aliphatic rings. The normalized spacial score (nSPS) is 12.6. The first kappa shape index (κ1) is 13.3. The van der Waals surface area contributed by atoms with Crippen LogP contribution in [0.5, 0.6) is 0 Å². The van der Waals surface area contributed by atoms with E-state index in [1.54, 1.807) is 6.92 Å². The van der Waals surface area contributed by atoms with Gasteiger partial charge in [0.15, 0.2) is 0 Å². The molecular weight excluding hydrogens is 222 g/mol. The Kier molecular flexibility index (Phi) is 5.10. The summed E-state index contributed by atoms with van der Waals surface area (Å²) in [4.78, 5) is 2.28. The van der Waals surface area contributed by atoms with Gasteiger partial charge in [-0.3, -0.25) is 0 Å². The third-order valence-electron chi connectivity index (χ3n) is 2.67. The van der Waals surface area contributed by atoms with Gasteiger partial charge in [0.05, 0.1) is 6.10 Å². The number of halogens is 1. The summed E-state index contributed by atoms with van der Waals surface area (Å²) in [5.74, 6) is 0. The van der Waals surface area contributed by atoms with Crippen molar-refractivity contribution in [3.8, 4) is 0 Å². The van der Waals surface area contributed by atoms with E-state index >= 15 is 0 Å². The molecule has 16 heavy (non-hydrogen) atoms. The number of aliphatic hydroxyl groups excluding tert-OH is 1. The average molecular weight is 242 g/mol. The monoisotopic (exact) mass is 241 g/mol. The highest BCUT2D eigenvalue weighted by molar-refractivity contribution is 6.31. The van der Waals surface area contributed by atoms with Crippen LogP contribution in [0.4, 0.5) is 5.69 Å². The van der Waals surface area contributed by atoms with E-state index in [1.165, 1.54) is 0 Å². The summed E-state index contributed by atoms with van der Waals surface area (Å²) in [6.45, 7) is 8.02. The van der Waals surface area contributed by atoms with Crippen LogP contribution in [0.2, 0.25) is 5.02 Å². The molecule has 2 nitrogen and oxygen atoms in total. The molecule has 0 amide bonds. The molecule has 1 N–H and O–H groups in total. The number of hydrogen-bond donors (Lipinski definition) is 1. The van der Waals surface area contributed by atoms with Crippen LogP contribution < -0.4 is 4.90 Å². The van der Waals surface area contributed by atoms with Crippen molar-refractivity contribution in [2.45, 2.75) is 33.3 Å².